The molecule has 172 valence electrons. The minimum atomic E-state index is -2.12. The van der Waals surface area contributed by atoms with Gasteiger partial charge in [0, 0.05) is 53.7 Å². The Morgan fingerprint density at radius 1 is 1.00 bits per heavy atom. The first-order valence-corrected chi connectivity index (χ1v) is 13.0. The third kappa shape index (κ3) is 9.79. The fourth-order valence-corrected chi connectivity index (χ4v) is 5.30. The van der Waals surface area contributed by atoms with E-state index in [2.05, 4.69) is 31.9 Å². The second-order valence-electron chi connectivity index (χ2n) is 8.20. The average molecular weight is 452 g/mol. The Hall–Kier alpha value is 0.0200. The van der Waals surface area contributed by atoms with Crippen molar-refractivity contribution in [3.05, 3.63) is 0 Å². The first-order chi connectivity index (χ1) is 14.0. The van der Waals surface area contributed by atoms with Crippen LogP contribution in [0.4, 0.5) is 0 Å². The van der Waals surface area contributed by atoms with Crippen LogP contribution in [0.15, 0.2) is 0 Å². The van der Waals surface area contributed by atoms with Crippen molar-refractivity contribution in [2.24, 2.45) is 5.92 Å². The van der Waals surface area contributed by atoms with Crippen molar-refractivity contribution in [1.82, 2.24) is 25.0 Å². The zero-order chi connectivity index (χ0) is 21.1. The van der Waals surface area contributed by atoms with Crippen molar-refractivity contribution in [2.45, 2.75) is 70.0 Å². The molecule has 0 aromatic heterocycles. The molecule has 3 fully saturated rings. The summed E-state index contributed by atoms with van der Waals surface area (Å²) in [7, 11) is 0. The molecular weight excluding hydrogens is 414 g/mol. The highest BCUT2D eigenvalue weighted by Gasteiger charge is 2.34. The van der Waals surface area contributed by atoms with Crippen LogP contribution < -0.4 is 20.1 Å². The van der Waals surface area contributed by atoms with Gasteiger partial charge in [0.15, 0.2) is 0 Å². The SMILES string of the molecule is CC1CNCCC1N1CCC[C@H]1CCNS(=O)[O-].O=S([O-])NCC[C@@H]1CCCN1. The predicted molar refractivity (Wildman–Crippen MR) is 114 cm³/mol. The summed E-state index contributed by atoms with van der Waals surface area (Å²) >= 11 is -4.21. The van der Waals surface area contributed by atoms with Gasteiger partial charge in [-0.15, -0.1) is 0 Å². The van der Waals surface area contributed by atoms with E-state index >= 15 is 0 Å². The molecule has 0 radical (unpaired) electrons. The Bertz CT molecular complexity index is 511. The summed E-state index contributed by atoms with van der Waals surface area (Å²) in [5.74, 6) is 0.695. The van der Waals surface area contributed by atoms with Gasteiger partial charge in [0.2, 0.25) is 0 Å². The lowest BCUT2D eigenvalue weighted by molar-refractivity contribution is 0.104. The second kappa shape index (κ2) is 14.2. The summed E-state index contributed by atoms with van der Waals surface area (Å²) in [6.07, 6.45) is 7.90. The van der Waals surface area contributed by atoms with Crippen LogP contribution in [0, 0.1) is 5.92 Å². The van der Waals surface area contributed by atoms with E-state index < -0.39 is 22.5 Å². The molecule has 0 aliphatic carbocycles. The topological polar surface area (TPSA) is 132 Å². The molecule has 4 N–H and O–H groups in total. The van der Waals surface area contributed by atoms with Crippen LogP contribution in [0.3, 0.4) is 0 Å². The van der Waals surface area contributed by atoms with Gasteiger partial charge in [0.25, 0.3) is 0 Å². The third-order valence-electron chi connectivity index (χ3n) is 6.16. The second-order valence-corrected chi connectivity index (χ2v) is 9.72. The van der Waals surface area contributed by atoms with Crippen LogP contribution in [0.1, 0.15) is 51.9 Å². The molecule has 0 spiro atoms. The van der Waals surface area contributed by atoms with Crippen LogP contribution >= 0.6 is 0 Å². The minimum Gasteiger partial charge on any atom is -0.760 e. The molecule has 0 saturated carbocycles. The molecule has 4 unspecified atom stereocenters. The van der Waals surface area contributed by atoms with Crippen molar-refractivity contribution in [3.8, 4) is 0 Å². The zero-order valence-corrected chi connectivity index (χ0v) is 19.0. The Morgan fingerprint density at radius 3 is 2.34 bits per heavy atom. The quantitative estimate of drug-likeness (QED) is 0.355. The number of likely N-dealkylation sites (tertiary alicyclic amines) is 1. The molecule has 3 aliphatic rings. The van der Waals surface area contributed by atoms with E-state index in [4.69, 9.17) is 0 Å². The van der Waals surface area contributed by atoms with Crippen molar-refractivity contribution in [2.75, 3.05) is 39.3 Å². The standard InChI is InChI=1S/C12H25N3O2S.C6H14N2O2S/c1-10-9-13-6-5-12(10)15-8-2-3-11(15)4-7-14-18(16)17;9-11(10)8-5-3-6-2-1-4-7-6/h10-14H,2-9H2,1H3,(H,16,17);6-8H,1-5H2,(H,9,10)/p-2/t10?,11-,12?;6-/m00/s1. The maximum absolute atomic E-state index is 10.5. The van der Waals surface area contributed by atoms with Gasteiger partial charge in [-0.2, -0.15) is 0 Å². The van der Waals surface area contributed by atoms with Gasteiger partial charge in [0.05, 0.1) is 0 Å². The zero-order valence-electron chi connectivity index (χ0n) is 17.4. The molecular formula is C18H37N5O4S2-2. The number of rotatable bonds is 9. The summed E-state index contributed by atoms with van der Waals surface area (Å²) in [5.41, 5.74) is 0. The first kappa shape index (κ1) is 25.3. The fourth-order valence-electron chi connectivity index (χ4n) is 4.73. The summed E-state index contributed by atoms with van der Waals surface area (Å²) in [6.45, 7) is 7.91. The highest BCUT2D eigenvalue weighted by Crippen LogP contribution is 2.28. The lowest BCUT2D eigenvalue weighted by atomic mass is 9.93. The first-order valence-electron chi connectivity index (χ1n) is 10.8. The number of nitrogens with zero attached hydrogens (tertiary/aromatic N) is 1. The van der Waals surface area contributed by atoms with Gasteiger partial charge in [-0.25, -0.2) is 9.44 Å². The highest BCUT2D eigenvalue weighted by molar-refractivity contribution is 7.77. The van der Waals surface area contributed by atoms with Crippen LogP contribution in [-0.2, 0) is 22.5 Å². The van der Waals surface area contributed by atoms with Crippen LogP contribution in [0.2, 0.25) is 0 Å². The van der Waals surface area contributed by atoms with Crippen molar-refractivity contribution >= 4 is 22.5 Å². The monoisotopic (exact) mass is 451 g/mol. The molecule has 11 heteroatoms. The summed E-state index contributed by atoms with van der Waals surface area (Å²) in [6, 6.07) is 1.76. The van der Waals surface area contributed by atoms with Gasteiger partial charge in [-0.1, -0.05) is 6.92 Å². The van der Waals surface area contributed by atoms with Crippen molar-refractivity contribution in [3.63, 3.8) is 0 Å². The van der Waals surface area contributed by atoms with Gasteiger partial charge < -0.3 is 19.7 Å². The van der Waals surface area contributed by atoms with E-state index in [0.29, 0.717) is 37.1 Å². The Labute approximate surface area is 180 Å². The predicted octanol–water partition coefficient (Wildman–Crippen LogP) is -0.265. The molecule has 0 amide bonds. The van der Waals surface area contributed by atoms with Gasteiger partial charge in [-0.3, -0.25) is 13.3 Å². The van der Waals surface area contributed by atoms with E-state index in [1.165, 1.54) is 38.6 Å². The molecule has 9 nitrogen and oxygen atoms in total. The Kier molecular flexibility index (Phi) is 12.3. The molecule has 0 aromatic rings. The van der Waals surface area contributed by atoms with E-state index in [-0.39, 0.29) is 0 Å². The minimum absolute atomic E-state index is 0.519. The largest absolute Gasteiger partial charge is 0.760 e. The number of nitrogens with one attached hydrogen (secondary N) is 4. The highest BCUT2D eigenvalue weighted by atomic mass is 32.2. The van der Waals surface area contributed by atoms with E-state index in [0.717, 1.165) is 32.5 Å². The molecule has 3 saturated heterocycles. The van der Waals surface area contributed by atoms with E-state index in [1.54, 1.807) is 0 Å². The molecule has 3 heterocycles. The summed E-state index contributed by atoms with van der Waals surface area (Å²) in [5, 5.41) is 6.73. The Morgan fingerprint density at radius 2 is 1.72 bits per heavy atom. The normalized spacial score (nSPS) is 32.5. The van der Waals surface area contributed by atoms with Crippen LogP contribution in [0.5, 0.6) is 0 Å². The number of piperidine rings is 1. The Balaban J connectivity index is 0.000000234. The lowest BCUT2D eigenvalue weighted by Gasteiger charge is -2.40. The molecule has 0 aromatic carbocycles. The molecule has 0 bridgehead atoms. The number of hydrogen-bond acceptors (Lipinski definition) is 7. The van der Waals surface area contributed by atoms with Gasteiger partial charge in [-0.05, 0) is 77.0 Å². The molecule has 3 aliphatic heterocycles. The van der Waals surface area contributed by atoms with Gasteiger partial charge >= 0.3 is 0 Å². The van der Waals surface area contributed by atoms with Gasteiger partial charge in [0.1, 0.15) is 0 Å². The smallest absolute Gasteiger partial charge is 0.0181 e. The van der Waals surface area contributed by atoms with Crippen LogP contribution in [-0.4, -0.2) is 79.8 Å². The molecule has 29 heavy (non-hydrogen) atoms. The van der Waals surface area contributed by atoms with Crippen molar-refractivity contribution in [1.29, 1.82) is 0 Å². The van der Waals surface area contributed by atoms with Crippen molar-refractivity contribution < 1.29 is 17.5 Å². The summed E-state index contributed by atoms with van der Waals surface area (Å²) in [4.78, 5) is 2.63. The molecule has 3 rings (SSSR count). The maximum atomic E-state index is 10.5. The number of hydrogen-bond donors (Lipinski definition) is 4. The lowest BCUT2D eigenvalue weighted by Crippen LogP contribution is -2.50. The van der Waals surface area contributed by atoms with E-state index in [1.807, 2.05) is 0 Å². The van der Waals surface area contributed by atoms with Crippen LogP contribution in [0.25, 0.3) is 0 Å². The van der Waals surface area contributed by atoms with E-state index in [9.17, 15) is 17.5 Å². The summed E-state index contributed by atoms with van der Waals surface area (Å²) < 4.78 is 45.9. The average Bonchev–Trinajstić information content (AvgIpc) is 3.34. The third-order valence-corrected chi connectivity index (χ3v) is 7.04. The fraction of sp³-hybridized carbons (Fsp3) is 1.00. The maximum Gasteiger partial charge on any atom is 0.0181 e. The molecule has 6 atom stereocenters.